The Balaban J connectivity index is 2.25. The Labute approximate surface area is 113 Å². The Morgan fingerprint density at radius 3 is 3.00 bits per heavy atom. The number of rotatable bonds is 1. The van der Waals surface area contributed by atoms with Crippen LogP contribution in [0.1, 0.15) is 26.4 Å². The number of carbonyl (C=O) groups excluding carboxylic acids is 2. The molecule has 0 amide bonds. The molecule has 0 fully saturated rings. The van der Waals surface area contributed by atoms with Crippen molar-refractivity contribution in [2.45, 2.75) is 6.61 Å². The number of ether oxygens (including phenoxy) is 2. The Kier molecular flexibility index (Phi) is 2.01. The second kappa shape index (κ2) is 3.63. The maximum atomic E-state index is 12.1. The molecule has 0 N–H and O–H groups in total. The fourth-order valence-electron chi connectivity index (χ4n) is 2.79. The molecule has 0 bridgehead atoms. The molecule has 100 valence electrons. The average Bonchev–Trinajstić information content (AvgIpc) is 3.12. The van der Waals surface area contributed by atoms with Crippen molar-refractivity contribution < 1.29 is 19.1 Å². The lowest BCUT2D eigenvalue weighted by molar-refractivity contribution is 0.0517. The van der Waals surface area contributed by atoms with E-state index in [1.165, 1.54) is 7.11 Å². The minimum Gasteiger partial charge on any atom is -0.465 e. The molecule has 1 aliphatic heterocycles. The number of hydrogen-bond acceptors (Lipinski definition) is 4. The zero-order valence-corrected chi connectivity index (χ0v) is 10.6. The van der Waals surface area contributed by atoms with E-state index in [1.807, 2.05) is 28.9 Å². The van der Waals surface area contributed by atoms with E-state index in [4.69, 9.17) is 9.47 Å². The second-order valence-corrected chi connectivity index (χ2v) is 4.59. The molecular weight excluding hydrogens is 260 g/mol. The summed E-state index contributed by atoms with van der Waals surface area (Å²) in [5.41, 5.74) is 2.92. The van der Waals surface area contributed by atoms with Gasteiger partial charge in [0, 0.05) is 24.2 Å². The van der Waals surface area contributed by atoms with E-state index >= 15 is 0 Å². The van der Waals surface area contributed by atoms with E-state index in [9.17, 15) is 9.59 Å². The highest BCUT2D eigenvalue weighted by atomic mass is 16.5. The molecule has 0 aromatic carbocycles. The van der Waals surface area contributed by atoms with Gasteiger partial charge in [-0.1, -0.05) is 0 Å². The molecule has 3 aromatic heterocycles. The third kappa shape index (κ3) is 1.18. The summed E-state index contributed by atoms with van der Waals surface area (Å²) in [4.78, 5) is 24.0. The summed E-state index contributed by atoms with van der Waals surface area (Å²) in [6.07, 6.45) is 5.46. The van der Waals surface area contributed by atoms with Crippen molar-refractivity contribution in [3.05, 3.63) is 47.5 Å². The van der Waals surface area contributed by atoms with Crippen molar-refractivity contribution in [2.24, 2.45) is 0 Å². The first-order valence-corrected chi connectivity index (χ1v) is 6.10. The summed E-state index contributed by atoms with van der Waals surface area (Å²) in [6, 6.07) is 3.77. The molecule has 0 radical (unpaired) electrons. The largest absolute Gasteiger partial charge is 0.465 e. The van der Waals surface area contributed by atoms with Crippen LogP contribution >= 0.6 is 0 Å². The SMILES string of the molecule is COC(=O)c1c2c(n3ccn4cccc4c13)C(=O)OC2. The maximum absolute atomic E-state index is 12.1. The molecule has 1 aliphatic rings. The van der Waals surface area contributed by atoms with Crippen LogP contribution in [0.4, 0.5) is 0 Å². The minimum atomic E-state index is -0.462. The molecule has 0 saturated carbocycles. The molecule has 3 aromatic rings. The third-order valence-electron chi connectivity index (χ3n) is 3.63. The molecular formula is C14H10N2O4. The number of cyclic esters (lactones) is 1. The predicted molar refractivity (Wildman–Crippen MR) is 68.8 cm³/mol. The first-order chi connectivity index (χ1) is 9.72. The van der Waals surface area contributed by atoms with Crippen molar-refractivity contribution >= 4 is 23.0 Å². The quantitative estimate of drug-likeness (QED) is 0.631. The zero-order chi connectivity index (χ0) is 13.9. The molecule has 0 atom stereocenters. The summed E-state index contributed by atoms with van der Waals surface area (Å²) in [5.74, 6) is -0.877. The first kappa shape index (κ1) is 11.1. The number of esters is 2. The van der Waals surface area contributed by atoms with Gasteiger partial charge in [-0.3, -0.25) is 0 Å². The van der Waals surface area contributed by atoms with Crippen molar-refractivity contribution in [1.29, 1.82) is 0 Å². The van der Waals surface area contributed by atoms with Gasteiger partial charge in [0.1, 0.15) is 12.3 Å². The van der Waals surface area contributed by atoms with E-state index in [0.717, 1.165) is 5.52 Å². The maximum Gasteiger partial charge on any atom is 0.356 e. The lowest BCUT2D eigenvalue weighted by atomic mass is 10.1. The Bertz CT molecular complexity index is 887. The van der Waals surface area contributed by atoms with Gasteiger partial charge in [0.2, 0.25) is 0 Å². The van der Waals surface area contributed by atoms with Gasteiger partial charge < -0.3 is 18.3 Å². The van der Waals surface area contributed by atoms with Gasteiger partial charge in [0.15, 0.2) is 0 Å². The van der Waals surface area contributed by atoms with Crippen LogP contribution < -0.4 is 0 Å². The van der Waals surface area contributed by atoms with Gasteiger partial charge in [-0.05, 0) is 12.1 Å². The van der Waals surface area contributed by atoms with Gasteiger partial charge in [-0.25, -0.2) is 9.59 Å². The van der Waals surface area contributed by atoms with Crippen LogP contribution in [0.15, 0.2) is 30.7 Å². The van der Waals surface area contributed by atoms with Crippen LogP contribution in [0, 0.1) is 0 Å². The van der Waals surface area contributed by atoms with Crippen LogP contribution in [-0.2, 0) is 16.1 Å². The van der Waals surface area contributed by atoms with E-state index in [2.05, 4.69) is 0 Å². The Morgan fingerprint density at radius 2 is 2.20 bits per heavy atom. The summed E-state index contributed by atoms with van der Waals surface area (Å²) in [7, 11) is 1.33. The first-order valence-electron chi connectivity index (χ1n) is 6.10. The van der Waals surface area contributed by atoms with E-state index in [1.54, 1.807) is 10.6 Å². The minimum absolute atomic E-state index is 0.104. The normalized spacial score (nSPS) is 13.8. The lowest BCUT2D eigenvalue weighted by Gasteiger charge is -2.05. The molecule has 0 saturated heterocycles. The Hall–Kier alpha value is -2.76. The van der Waals surface area contributed by atoms with E-state index < -0.39 is 11.9 Å². The summed E-state index contributed by atoms with van der Waals surface area (Å²) >= 11 is 0. The topological polar surface area (TPSA) is 61.4 Å². The number of hydrogen-bond donors (Lipinski definition) is 0. The van der Waals surface area contributed by atoms with Crippen LogP contribution in [0.5, 0.6) is 0 Å². The van der Waals surface area contributed by atoms with Gasteiger partial charge in [0.05, 0.1) is 23.7 Å². The number of methoxy groups -OCH3 is 1. The van der Waals surface area contributed by atoms with Gasteiger partial charge in [0.25, 0.3) is 0 Å². The van der Waals surface area contributed by atoms with Crippen molar-refractivity contribution in [3.63, 3.8) is 0 Å². The van der Waals surface area contributed by atoms with Gasteiger partial charge >= 0.3 is 11.9 Å². The number of carbonyl (C=O) groups is 2. The molecule has 4 rings (SSSR count). The molecule has 0 aliphatic carbocycles. The van der Waals surface area contributed by atoms with Crippen LogP contribution in [-0.4, -0.2) is 27.8 Å². The van der Waals surface area contributed by atoms with Gasteiger partial charge in [-0.2, -0.15) is 0 Å². The predicted octanol–water partition coefficient (Wildman–Crippen LogP) is 1.65. The average molecular weight is 270 g/mol. The fourth-order valence-corrected chi connectivity index (χ4v) is 2.79. The molecule has 0 unspecified atom stereocenters. The molecule has 0 spiro atoms. The lowest BCUT2D eigenvalue weighted by Crippen LogP contribution is -2.05. The standard InChI is InChI=1S/C14H10N2O4/c1-19-13(17)10-8-7-20-14(18)11(8)16-6-5-15-4-2-3-9(15)12(10)16/h2-6H,7H2,1H3. The highest BCUT2D eigenvalue weighted by Gasteiger charge is 2.34. The molecule has 20 heavy (non-hydrogen) atoms. The summed E-state index contributed by atoms with van der Waals surface area (Å²) in [5, 5.41) is 0. The fraction of sp³-hybridized carbons (Fsp3) is 0.143. The van der Waals surface area contributed by atoms with Crippen LogP contribution in [0.3, 0.4) is 0 Å². The van der Waals surface area contributed by atoms with Crippen molar-refractivity contribution in [3.8, 4) is 0 Å². The van der Waals surface area contributed by atoms with Crippen molar-refractivity contribution in [1.82, 2.24) is 8.80 Å². The summed E-state index contributed by atoms with van der Waals surface area (Å²) < 4.78 is 13.5. The number of nitrogens with zero attached hydrogens (tertiary/aromatic N) is 2. The molecule has 6 nitrogen and oxygen atoms in total. The number of aromatic nitrogens is 2. The van der Waals surface area contributed by atoms with E-state index in [-0.39, 0.29) is 6.61 Å². The van der Waals surface area contributed by atoms with Crippen LogP contribution in [0.25, 0.3) is 11.0 Å². The summed E-state index contributed by atoms with van der Waals surface area (Å²) in [6.45, 7) is 0.104. The highest BCUT2D eigenvalue weighted by Crippen LogP contribution is 2.32. The zero-order valence-electron chi connectivity index (χ0n) is 10.6. The number of fused-ring (bicyclic) bond motifs is 5. The smallest absolute Gasteiger partial charge is 0.356 e. The highest BCUT2D eigenvalue weighted by molar-refractivity contribution is 6.09. The Morgan fingerprint density at radius 1 is 1.35 bits per heavy atom. The van der Waals surface area contributed by atoms with Gasteiger partial charge in [-0.15, -0.1) is 0 Å². The van der Waals surface area contributed by atoms with E-state index in [0.29, 0.717) is 22.3 Å². The van der Waals surface area contributed by atoms with Crippen LogP contribution in [0.2, 0.25) is 0 Å². The monoisotopic (exact) mass is 270 g/mol. The molecule has 4 heterocycles. The second-order valence-electron chi connectivity index (χ2n) is 4.59. The van der Waals surface area contributed by atoms with Crippen molar-refractivity contribution in [2.75, 3.05) is 7.11 Å². The third-order valence-corrected chi connectivity index (χ3v) is 3.63. The molecule has 6 heteroatoms.